The van der Waals surface area contributed by atoms with E-state index in [0.717, 1.165) is 10.2 Å². The van der Waals surface area contributed by atoms with E-state index in [2.05, 4.69) is 10.4 Å². The fourth-order valence-corrected chi connectivity index (χ4v) is 2.90. The fraction of sp³-hybridized carbons (Fsp3) is 0.190. The second kappa shape index (κ2) is 8.87. The summed E-state index contributed by atoms with van der Waals surface area (Å²) in [6, 6.07) is 13.1. The largest absolute Gasteiger partial charge is 0.463 e. The first kappa shape index (κ1) is 20.5. The lowest BCUT2D eigenvalue weighted by Gasteiger charge is -2.18. The van der Waals surface area contributed by atoms with E-state index >= 15 is 0 Å². The van der Waals surface area contributed by atoms with Crippen LogP contribution < -0.4 is 15.6 Å². The number of aryl methyl sites for hydroxylation is 1. The van der Waals surface area contributed by atoms with Crippen LogP contribution in [0.4, 0.5) is 10.1 Å². The Labute approximate surface area is 171 Å². The van der Waals surface area contributed by atoms with Crippen LogP contribution >= 0.6 is 11.6 Å². The van der Waals surface area contributed by atoms with Gasteiger partial charge in [0.15, 0.2) is 6.10 Å². The Hall–Kier alpha value is -3.19. The molecule has 1 heterocycles. The van der Waals surface area contributed by atoms with Crippen LogP contribution in [0.5, 0.6) is 5.88 Å². The molecule has 2 aromatic carbocycles. The Balaban J connectivity index is 1.79. The van der Waals surface area contributed by atoms with E-state index < -0.39 is 17.5 Å². The van der Waals surface area contributed by atoms with Crippen LogP contribution in [-0.4, -0.2) is 21.8 Å². The molecule has 0 aliphatic heterocycles. The molecule has 1 N–H and O–H groups in total. The van der Waals surface area contributed by atoms with Crippen LogP contribution in [0.1, 0.15) is 18.9 Å². The lowest BCUT2D eigenvalue weighted by molar-refractivity contribution is -0.123. The summed E-state index contributed by atoms with van der Waals surface area (Å²) in [4.78, 5) is 24.8. The van der Waals surface area contributed by atoms with Gasteiger partial charge in [-0.15, -0.1) is 5.10 Å². The molecular formula is C21H19ClFN3O3. The highest BCUT2D eigenvalue weighted by atomic mass is 35.5. The van der Waals surface area contributed by atoms with Gasteiger partial charge >= 0.3 is 0 Å². The van der Waals surface area contributed by atoms with Crippen LogP contribution in [0.2, 0.25) is 5.02 Å². The normalized spacial score (nSPS) is 11.7. The lowest BCUT2D eigenvalue weighted by atomic mass is 10.2. The van der Waals surface area contributed by atoms with Gasteiger partial charge in [-0.25, -0.2) is 4.39 Å². The number of halogens is 2. The van der Waals surface area contributed by atoms with E-state index in [9.17, 15) is 14.0 Å². The van der Waals surface area contributed by atoms with Crippen molar-refractivity contribution in [1.29, 1.82) is 0 Å². The molecule has 29 heavy (non-hydrogen) atoms. The van der Waals surface area contributed by atoms with E-state index in [1.54, 1.807) is 25.1 Å². The molecule has 3 rings (SSSR count). The van der Waals surface area contributed by atoms with Crippen LogP contribution in [-0.2, 0) is 4.79 Å². The van der Waals surface area contributed by atoms with E-state index in [1.165, 1.54) is 36.4 Å². The predicted molar refractivity (Wildman–Crippen MR) is 109 cm³/mol. The smallest absolute Gasteiger partial charge is 0.271 e. The van der Waals surface area contributed by atoms with E-state index in [0.29, 0.717) is 22.8 Å². The number of anilines is 1. The molecule has 1 unspecified atom stereocenters. The number of ether oxygens (including phenoxy) is 1. The van der Waals surface area contributed by atoms with E-state index in [1.807, 2.05) is 6.92 Å². The van der Waals surface area contributed by atoms with E-state index in [4.69, 9.17) is 16.3 Å². The van der Waals surface area contributed by atoms with Gasteiger partial charge in [-0.3, -0.25) is 9.59 Å². The zero-order chi connectivity index (χ0) is 21.0. The summed E-state index contributed by atoms with van der Waals surface area (Å²) in [5.41, 5.74) is 1.43. The Kier molecular flexibility index (Phi) is 6.29. The average molecular weight is 416 g/mol. The summed E-state index contributed by atoms with van der Waals surface area (Å²) >= 11 is 5.94. The van der Waals surface area contributed by atoms with Crippen molar-refractivity contribution in [2.45, 2.75) is 26.4 Å². The fourth-order valence-electron chi connectivity index (χ4n) is 2.67. The quantitative estimate of drug-likeness (QED) is 0.657. The van der Waals surface area contributed by atoms with Gasteiger partial charge < -0.3 is 10.1 Å². The maximum absolute atomic E-state index is 13.1. The Morgan fingerprint density at radius 2 is 1.93 bits per heavy atom. The number of benzene rings is 2. The first-order valence-electron chi connectivity index (χ1n) is 8.97. The number of amides is 1. The van der Waals surface area contributed by atoms with Crippen LogP contribution in [0.15, 0.2) is 59.4 Å². The van der Waals surface area contributed by atoms with Crippen molar-refractivity contribution >= 4 is 23.2 Å². The highest BCUT2D eigenvalue weighted by molar-refractivity contribution is 6.30. The first-order valence-corrected chi connectivity index (χ1v) is 9.35. The minimum absolute atomic E-state index is 0.101. The molecule has 8 heteroatoms. The monoisotopic (exact) mass is 415 g/mol. The van der Waals surface area contributed by atoms with Crippen molar-refractivity contribution in [3.8, 4) is 11.6 Å². The summed E-state index contributed by atoms with van der Waals surface area (Å²) in [7, 11) is 0. The van der Waals surface area contributed by atoms with Crippen LogP contribution in [0.25, 0.3) is 5.69 Å². The molecule has 0 radical (unpaired) electrons. The summed E-state index contributed by atoms with van der Waals surface area (Å²) in [5, 5.41) is 7.53. The lowest BCUT2D eigenvalue weighted by Crippen LogP contribution is -2.33. The minimum atomic E-state index is -0.822. The number of rotatable bonds is 6. The van der Waals surface area contributed by atoms with Crippen molar-refractivity contribution in [3.05, 3.63) is 81.4 Å². The maximum atomic E-state index is 13.1. The second-order valence-corrected chi connectivity index (χ2v) is 6.80. The SMILES string of the molecule is CCC(Oc1ccc(=O)n(-c2ccc(F)cc2)n1)C(=O)Nc1ccc(Cl)cc1C. The highest BCUT2D eigenvalue weighted by Gasteiger charge is 2.20. The number of carbonyl (C=O) groups excluding carboxylic acids is 1. The molecule has 1 aromatic heterocycles. The summed E-state index contributed by atoms with van der Waals surface area (Å²) in [5.74, 6) is -0.669. The summed E-state index contributed by atoms with van der Waals surface area (Å²) in [6.45, 7) is 3.64. The molecule has 3 aromatic rings. The highest BCUT2D eigenvalue weighted by Crippen LogP contribution is 2.20. The van der Waals surface area contributed by atoms with Crippen molar-refractivity contribution in [2.24, 2.45) is 0 Å². The summed E-state index contributed by atoms with van der Waals surface area (Å²) < 4.78 is 19.9. The number of aromatic nitrogens is 2. The topological polar surface area (TPSA) is 73.2 Å². The number of nitrogens with one attached hydrogen (secondary N) is 1. The molecular weight excluding hydrogens is 397 g/mol. The molecule has 6 nitrogen and oxygen atoms in total. The number of carbonyl (C=O) groups is 1. The standard InChI is InChI=1S/C21H19ClFN3O3/c1-3-18(21(28)24-17-9-4-14(22)12-13(17)2)29-19-10-11-20(27)26(25-19)16-7-5-15(23)6-8-16/h4-12,18H,3H2,1-2H3,(H,24,28). The molecule has 0 bridgehead atoms. The third-order valence-electron chi connectivity index (χ3n) is 4.22. The molecule has 0 saturated carbocycles. The third-order valence-corrected chi connectivity index (χ3v) is 4.45. The van der Waals surface area contributed by atoms with Gasteiger partial charge in [-0.05, 0) is 61.4 Å². The molecule has 0 fully saturated rings. The molecule has 0 aliphatic carbocycles. The Morgan fingerprint density at radius 1 is 1.21 bits per heavy atom. The Bertz CT molecular complexity index is 1080. The molecule has 0 spiro atoms. The second-order valence-electron chi connectivity index (χ2n) is 6.36. The summed E-state index contributed by atoms with van der Waals surface area (Å²) in [6.07, 6.45) is -0.438. The zero-order valence-corrected chi connectivity index (χ0v) is 16.6. The van der Waals surface area contributed by atoms with Gasteiger partial charge in [0.05, 0.1) is 5.69 Å². The van der Waals surface area contributed by atoms with Crippen LogP contribution in [0.3, 0.4) is 0 Å². The third kappa shape index (κ3) is 5.00. The van der Waals surface area contributed by atoms with Crippen molar-refractivity contribution in [2.75, 3.05) is 5.32 Å². The first-order chi connectivity index (χ1) is 13.9. The van der Waals surface area contributed by atoms with Gasteiger partial charge in [-0.2, -0.15) is 4.68 Å². The van der Waals surface area contributed by atoms with Crippen molar-refractivity contribution in [3.63, 3.8) is 0 Å². The minimum Gasteiger partial charge on any atom is -0.463 e. The molecule has 1 amide bonds. The zero-order valence-electron chi connectivity index (χ0n) is 15.9. The number of hydrogen-bond donors (Lipinski definition) is 1. The van der Waals surface area contributed by atoms with Crippen molar-refractivity contribution in [1.82, 2.24) is 9.78 Å². The van der Waals surface area contributed by atoms with Gasteiger partial charge in [-0.1, -0.05) is 18.5 Å². The van der Waals surface area contributed by atoms with Crippen LogP contribution in [0, 0.1) is 12.7 Å². The average Bonchev–Trinajstić information content (AvgIpc) is 2.70. The van der Waals surface area contributed by atoms with E-state index in [-0.39, 0.29) is 11.8 Å². The van der Waals surface area contributed by atoms with Crippen molar-refractivity contribution < 1.29 is 13.9 Å². The molecule has 0 saturated heterocycles. The van der Waals surface area contributed by atoms with Gasteiger partial charge in [0.2, 0.25) is 5.88 Å². The van der Waals surface area contributed by atoms with Gasteiger partial charge in [0.25, 0.3) is 11.5 Å². The molecule has 0 aliphatic rings. The number of hydrogen-bond acceptors (Lipinski definition) is 4. The predicted octanol–water partition coefficient (Wildman–Crippen LogP) is 4.13. The van der Waals surface area contributed by atoms with Gasteiger partial charge in [0.1, 0.15) is 5.82 Å². The molecule has 150 valence electrons. The molecule has 1 atom stereocenters. The van der Waals surface area contributed by atoms with Gasteiger partial charge in [0, 0.05) is 22.8 Å². The maximum Gasteiger partial charge on any atom is 0.271 e. The Morgan fingerprint density at radius 3 is 2.59 bits per heavy atom. The number of nitrogens with zero attached hydrogens (tertiary/aromatic N) is 2.